The van der Waals surface area contributed by atoms with Crippen LogP contribution in [0.5, 0.6) is 0 Å². The van der Waals surface area contributed by atoms with Gasteiger partial charge >= 0.3 is 0 Å². The number of aliphatic hydroxyl groups excluding tert-OH is 1. The molecule has 1 saturated heterocycles. The average molecular weight is 450 g/mol. The summed E-state index contributed by atoms with van der Waals surface area (Å²) in [6.07, 6.45) is 4.24. The number of morpholine rings is 1. The molecule has 2 aliphatic rings. The topological polar surface area (TPSA) is 66.8 Å². The van der Waals surface area contributed by atoms with Gasteiger partial charge in [-0.15, -0.1) is 0 Å². The highest BCUT2D eigenvalue weighted by molar-refractivity contribution is 5.99. The molecule has 1 aliphatic carbocycles. The quantitative estimate of drug-likeness (QED) is 0.605. The minimum atomic E-state index is -0.456. The zero-order chi connectivity index (χ0) is 23.4. The van der Waals surface area contributed by atoms with Crippen molar-refractivity contribution in [1.29, 1.82) is 0 Å². The number of hydrogen-bond donors (Lipinski definition) is 1. The first kappa shape index (κ1) is 23.7. The van der Waals surface area contributed by atoms with Crippen LogP contribution in [0.25, 0.3) is 0 Å². The number of nitrogens with zero attached hydrogens (tertiary/aromatic N) is 1. The lowest BCUT2D eigenvalue weighted by molar-refractivity contribution is -0.0249. The number of ketones is 1. The highest BCUT2D eigenvalue weighted by Crippen LogP contribution is 2.30. The number of aliphatic hydroxyl groups is 1. The van der Waals surface area contributed by atoms with Gasteiger partial charge in [-0.3, -0.25) is 9.59 Å². The normalized spacial score (nSPS) is 21.6. The molecule has 5 heteroatoms. The summed E-state index contributed by atoms with van der Waals surface area (Å²) in [7, 11) is 0. The molecule has 5 nitrogen and oxygen atoms in total. The molecule has 1 aliphatic heterocycles. The summed E-state index contributed by atoms with van der Waals surface area (Å²) in [5.41, 5.74) is 4.05. The SMILES string of the molecule is C[C@@H]1COC[C@@H](C)N1C(=O)c1ccc(C(=O)CCC(O)CCC2Cc3ccccc3C2)cc1. The maximum absolute atomic E-state index is 12.9. The smallest absolute Gasteiger partial charge is 0.254 e. The van der Waals surface area contributed by atoms with Crippen LogP contribution < -0.4 is 0 Å². The zero-order valence-electron chi connectivity index (χ0n) is 19.7. The van der Waals surface area contributed by atoms with Gasteiger partial charge in [0.2, 0.25) is 0 Å². The third kappa shape index (κ3) is 5.71. The van der Waals surface area contributed by atoms with Gasteiger partial charge in [-0.1, -0.05) is 36.4 Å². The van der Waals surface area contributed by atoms with E-state index >= 15 is 0 Å². The first-order chi connectivity index (χ1) is 15.9. The summed E-state index contributed by atoms with van der Waals surface area (Å²) in [6, 6.07) is 15.6. The van der Waals surface area contributed by atoms with Crippen LogP contribution in [-0.4, -0.2) is 53.1 Å². The Hall–Kier alpha value is -2.50. The van der Waals surface area contributed by atoms with E-state index in [0.717, 1.165) is 25.7 Å². The minimum absolute atomic E-state index is 0.00873. The van der Waals surface area contributed by atoms with Crippen LogP contribution in [0.3, 0.4) is 0 Å². The summed E-state index contributed by atoms with van der Waals surface area (Å²) in [6.45, 7) is 5.07. The van der Waals surface area contributed by atoms with Gasteiger partial charge in [0.15, 0.2) is 5.78 Å². The molecule has 3 atom stereocenters. The molecular weight excluding hydrogens is 414 g/mol. The molecule has 4 rings (SSSR count). The fraction of sp³-hybridized carbons (Fsp3) is 0.500. The van der Waals surface area contributed by atoms with E-state index in [1.165, 1.54) is 11.1 Å². The van der Waals surface area contributed by atoms with Gasteiger partial charge in [-0.05, 0) is 75.1 Å². The molecule has 0 radical (unpaired) electrons. The maximum Gasteiger partial charge on any atom is 0.254 e. The van der Waals surface area contributed by atoms with Crippen molar-refractivity contribution in [2.24, 2.45) is 5.92 Å². The van der Waals surface area contributed by atoms with Gasteiger partial charge in [0.1, 0.15) is 0 Å². The monoisotopic (exact) mass is 449 g/mol. The molecule has 1 amide bonds. The standard InChI is InChI=1S/C28H35NO4/c1-19-17-33-18-20(2)29(19)28(32)23-10-8-22(9-11-23)27(31)14-13-26(30)12-7-21-15-24-5-3-4-6-25(24)16-21/h3-6,8-11,19-21,26,30H,7,12-18H2,1-2H3/t19-,20-,26?/m1/s1. The summed E-state index contributed by atoms with van der Waals surface area (Å²) >= 11 is 0. The van der Waals surface area contributed by atoms with Crippen LogP contribution >= 0.6 is 0 Å². The highest BCUT2D eigenvalue weighted by Gasteiger charge is 2.30. The number of ether oxygens (including phenoxy) is 1. The molecule has 0 bridgehead atoms. The number of Topliss-reactive ketones (excluding diaryl/α,β-unsaturated/α-hetero) is 1. The van der Waals surface area contributed by atoms with Crippen molar-refractivity contribution in [3.05, 3.63) is 70.8 Å². The highest BCUT2D eigenvalue weighted by atomic mass is 16.5. The summed E-state index contributed by atoms with van der Waals surface area (Å²) in [4.78, 5) is 27.4. The lowest BCUT2D eigenvalue weighted by Gasteiger charge is -2.38. The number of rotatable bonds is 8. The Kier molecular flexibility index (Phi) is 7.61. The molecule has 0 saturated carbocycles. The summed E-state index contributed by atoms with van der Waals surface area (Å²) < 4.78 is 5.51. The van der Waals surface area contributed by atoms with Crippen LogP contribution in [0.4, 0.5) is 0 Å². The van der Waals surface area contributed by atoms with Crippen molar-refractivity contribution in [3.63, 3.8) is 0 Å². The third-order valence-electron chi connectivity index (χ3n) is 7.10. The van der Waals surface area contributed by atoms with E-state index in [9.17, 15) is 14.7 Å². The second-order valence-corrected chi connectivity index (χ2v) is 9.76. The summed E-state index contributed by atoms with van der Waals surface area (Å²) in [5.74, 6) is 0.575. The first-order valence-electron chi connectivity index (χ1n) is 12.2. The van der Waals surface area contributed by atoms with Gasteiger partial charge in [-0.2, -0.15) is 0 Å². The molecule has 0 aromatic heterocycles. The van der Waals surface area contributed by atoms with E-state index in [-0.39, 0.29) is 23.8 Å². The van der Waals surface area contributed by atoms with Crippen molar-refractivity contribution in [2.45, 2.75) is 70.6 Å². The van der Waals surface area contributed by atoms with Gasteiger partial charge < -0.3 is 14.7 Å². The Morgan fingerprint density at radius 1 is 0.939 bits per heavy atom. The van der Waals surface area contributed by atoms with E-state index in [0.29, 0.717) is 43.1 Å². The van der Waals surface area contributed by atoms with Crippen LogP contribution in [0.1, 0.15) is 71.4 Å². The molecule has 0 spiro atoms. The zero-order valence-corrected chi connectivity index (χ0v) is 19.7. The van der Waals surface area contributed by atoms with Crippen molar-refractivity contribution >= 4 is 11.7 Å². The first-order valence-corrected chi connectivity index (χ1v) is 12.2. The third-order valence-corrected chi connectivity index (χ3v) is 7.10. The number of hydrogen-bond acceptors (Lipinski definition) is 4. The Bertz CT molecular complexity index is 935. The number of benzene rings is 2. The van der Waals surface area contributed by atoms with E-state index in [1.54, 1.807) is 24.3 Å². The van der Waals surface area contributed by atoms with Crippen molar-refractivity contribution in [2.75, 3.05) is 13.2 Å². The number of fused-ring (bicyclic) bond motifs is 1. The van der Waals surface area contributed by atoms with Gasteiger partial charge in [0.25, 0.3) is 5.91 Å². The molecule has 1 N–H and O–H groups in total. The Balaban J connectivity index is 1.23. The van der Waals surface area contributed by atoms with Crippen LogP contribution in [0, 0.1) is 5.92 Å². The Morgan fingerprint density at radius 3 is 2.12 bits per heavy atom. The molecule has 33 heavy (non-hydrogen) atoms. The number of amides is 1. The second kappa shape index (κ2) is 10.6. The predicted octanol–water partition coefficient (Wildman–Crippen LogP) is 4.46. The fourth-order valence-electron chi connectivity index (χ4n) is 5.22. The predicted molar refractivity (Wildman–Crippen MR) is 128 cm³/mol. The molecule has 1 heterocycles. The van der Waals surface area contributed by atoms with Gasteiger partial charge in [-0.25, -0.2) is 0 Å². The number of carbonyl (C=O) groups excluding carboxylic acids is 2. The Labute approximate surface area is 196 Å². The van der Waals surface area contributed by atoms with Crippen molar-refractivity contribution < 1.29 is 19.4 Å². The molecule has 1 fully saturated rings. The molecule has 1 unspecified atom stereocenters. The van der Waals surface area contributed by atoms with Gasteiger partial charge in [0, 0.05) is 17.5 Å². The molecular formula is C28H35NO4. The van der Waals surface area contributed by atoms with Gasteiger partial charge in [0.05, 0.1) is 31.4 Å². The van der Waals surface area contributed by atoms with Crippen LogP contribution in [-0.2, 0) is 17.6 Å². The maximum atomic E-state index is 12.9. The average Bonchev–Trinajstić information content (AvgIpc) is 3.24. The fourth-order valence-corrected chi connectivity index (χ4v) is 5.22. The van der Waals surface area contributed by atoms with Crippen LogP contribution in [0.2, 0.25) is 0 Å². The summed E-state index contributed by atoms with van der Waals surface area (Å²) in [5, 5.41) is 10.4. The van der Waals surface area contributed by atoms with Crippen LogP contribution in [0.15, 0.2) is 48.5 Å². The second-order valence-electron chi connectivity index (χ2n) is 9.76. The van der Waals surface area contributed by atoms with Crippen molar-refractivity contribution in [3.8, 4) is 0 Å². The lowest BCUT2D eigenvalue weighted by atomic mass is 9.95. The van der Waals surface area contributed by atoms with E-state index < -0.39 is 6.10 Å². The number of carbonyl (C=O) groups is 2. The van der Waals surface area contributed by atoms with E-state index in [4.69, 9.17) is 4.74 Å². The largest absolute Gasteiger partial charge is 0.393 e. The minimum Gasteiger partial charge on any atom is -0.393 e. The molecule has 2 aromatic carbocycles. The molecule has 2 aromatic rings. The van der Waals surface area contributed by atoms with Crippen molar-refractivity contribution in [1.82, 2.24) is 4.90 Å². The Morgan fingerprint density at radius 2 is 1.52 bits per heavy atom. The lowest BCUT2D eigenvalue weighted by Crippen LogP contribution is -2.52. The van der Waals surface area contributed by atoms with E-state index in [2.05, 4.69) is 24.3 Å². The van der Waals surface area contributed by atoms with E-state index in [1.807, 2.05) is 18.7 Å². The molecule has 176 valence electrons.